The van der Waals surface area contributed by atoms with Gasteiger partial charge in [0.25, 0.3) is 0 Å². The second kappa shape index (κ2) is 5.97. The number of hydrogen-bond donors (Lipinski definition) is 3. The average Bonchev–Trinajstić information content (AvgIpc) is 2.82. The molecule has 1 amide bonds. The number of hydrogen-bond acceptors (Lipinski definition) is 3. The third-order valence-corrected chi connectivity index (χ3v) is 3.75. The SMILES string of the molecule is O=C(CNc1ccccc1)N[C@@H]1c2ccccc2C[C@@H]1O. The highest BCUT2D eigenvalue weighted by Gasteiger charge is 2.31. The number of aliphatic hydroxyl groups excluding tert-OH is 1. The molecule has 2 aromatic rings. The topological polar surface area (TPSA) is 61.4 Å². The summed E-state index contributed by atoms with van der Waals surface area (Å²) >= 11 is 0. The van der Waals surface area contributed by atoms with E-state index in [9.17, 15) is 9.90 Å². The number of carbonyl (C=O) groups is 1. The lowest BCUT2D eigenvalue weighted by atomic mass is 10.1. The van der Waals surface area contributed by atoms with Crippen LogP contribution in [0, 0.1) is 0 Å². The zero-order valence-corrected chi connectivity index (χ0v) is 11.6. The first kappa shape index (κ1) is 13.6. The second-order valence-electron chi connectivity index (χ2n) is 5.24. The van der Waals surface area contributed by atoms with E-state index in [1.807, 2.05) is 54.6 Å². The normalized spacial score (nSPS) is 19.9. The van der Waals surface area contributed by atoms with Crippen molar-refractivity contribution in [1.82, 2.24) is 5.32 Å². The van der Waals surface area contributed by atoms with Crippen LogP contribution in [-0.2, 0) is 11.2 Å². The van der Waals surface area contributed by atoms with Crippen LogP contribution in [0.25, 0.3) is 0 Å². The van der Waals surface area contributed by atoms with Crippen LogP contribution < -0.4 is 10.6 Å². The summed E-state index contributed by atoms with van der Waals surface area (Å²) in [5.74, 6) is -0.125. The van der Waals surface area contributed by atoms with Crippen molar-refractivity contribution >= 4 is 11.6 Å². The van der Waals surface area contributed by atoms with E-state index in [0.717, 1.165) is 16.8 Å². The van der Waals surface area contributed by atoms with E-state index in [-0.39, 0.29) is 18.5 Å². The Morgan fingerprint density at radius 1 is 1.10 bits per heavy atom. The van der Waals surface area contributed by atoms with Gasteiger partial charge in [-0.05, 0) is 23.3 Å². The molecule has 0 radical (unpaired) electrons. The van der Waals surface area contributed by atoms with Gasteiger partial charge in [-0.3, -0.25) is 4.79 Å². The quantitative estimate of drug-likeness (QED) is 0.802. The minimum Gasteiger partial charge on any atom is -0.390 e. The number of amides is 1. The fourth-order valence-electron chi connectivity index (χ4n) is 2.71. The summed E-state index contributed by atoms with van der Waals surface area (Å²) in [6, 6.07) is 17.1. The molecule has 1 aliphatic carbocycles. The number of nitrogens with one attached hydrogen (secondary N) is 2. The molecular formula is C17H18N2O2. The number of aliphatic hydroxyl groups is 1. The molecule has 3 rings (SSSR count). The van der Waals surface area contributed by atoms with Crippen molar-refractivity contribution < 1.29 is 9.90 Å². The Labute approximate surface area is 123 Å². The van der Waals surface area contributed by atoms with Gasteiger partial charge in [-0.25, -0.2) is 0 Å². The fourth-order valence-corrected chi connectivity index (χ4v) is 2.71. The standard InChI is InChI=1S/C17H18N2O2/c20-15-10-12-6-4-5-9-14(12)17(15)19-16(21)11-18-13-7-2-1-3-8-13/h1-9,15,17-18,20H,10-11H2,(H,19,21)/t15-,17+/m0/s1. The summed E-state index contributed by atoms with van der Waals surface area (Å²) < 4.78 is 0. The third-order valence-electron chi connectivity index (χ3n) is 3.75. The molecule has 0 spiro atoms. The van der Waals surface area contributed by atoms with Gasteiger partial charge in [0, 0.05) is 12.1 Å². The first-order valence-electron chi connectivity index (χ1n) is 7.08. The Morgan fingerprint density at radius 3 is 2.62 bits per heavy atom. The second-order valence-corrected chi connectivity index (χ2v) is 5.24. The summed E-state index contributed by atoms with van der Waals surface area (Å²) in [6.45, 7) is 0.190. The molecule has 0 saturated carbocycles. The highest BCUT2D eigenvalue weighted by molar-refractivity contribution is 5.81. The molecule has 0 heterocycles. The van der Waals surface area contributed by atoms with E-state index >= 15 is 0 Å². The molecule has 21 heavy (non-hydrogen) atoms. The molecular weight excluding hydrogens is 264 g/mol. The van der Waals surface area contributed by atoms with Crippen molar-refractivity contribution in [2.75, 3.05) is 11.9 Å². The maximum Gasteiger partial charge on any atom is 0.239 e. The highest BCUT2D eigenvalue weighted by Crippen LogP contribution is 2.31. The van der Waals surface area contributed by atoms with Gasteiger partial charge in [-0.2, -0.15) is 0 Å². The zero-order chi connectivity index (χ0) is 14.7. The molecule has 0 aliphatic heterocycles. The van der Waals surface area contributed by atoms with Crippen molar-refractivity contribution in [3.05, 3.63) is 65.7 Å². The van der Waals surface area contributed by atoms with Gasteiger partial charge in [-0.15, -0.1) is 0 Å². The fraction of sp³-hybridized carbons (Fsp3) is 0.235. The van der Waals surface area contributed by atoms with Gasteiger partial charge in [0.2, 0.25) is 5.91 Å². The molecule has 0 aromatic heterocycles. The van der Waals surface area contributed by atoms with Gasteiger partial charge < -0.3 is 15.7 Å². The van der Waals surface area contributed by atoms with Crippen molar-refractivity contribution in [3.63, 3.8) is 0 Å². The van der Waals surface area contributed by atoms with Crippen molar-refractivity contribution in [2.24, 2.45) is 0 Å². The number of para-hydroxylation sites is 1. The molecule has 4 nitrogen and oxygen atoms in total. The Bertz CT molecular complexity index is 628. The maximum absolute atomic E-state index is 12.0. The average molecular weight is 282 g/mol. The minimum atomic E-state index is -0.553. The first-order chi connectivity index (χ1) is 10.2. The van der Waals surface area contributed by atoms with Gasteiger partial charge in [-0.1, -0.05) is 42.5 Å². The molecule has 0 unspecified atom stereocenters. The zero-order valence-electron chi connectivity index (χ0n) is 11.6. The summed E-state index contributed by atoms with van der Waals surface area (Å²) in [5, 5.41) is 16.1. The van der Waals surface area contributed by atoms with Gasteiger partial charge in [0.05, 0.1) is 18.7 Å². The lowest BCUT2D eigenvalue weighted by Gasteiger charge is -2.18. The monoisotopic (exact) mass is 282 g/mol. The van der Waals surface area contributed by atoms with Gasteiger partial charge in [0.15, 0.2) is 0 Å². The Kier molecular flexibility index (Phi) is 3.88. The van der Waals surface area contributed by atoms with Crippen LogP contribution in [0.3, 0.4) is 0 Å². The number of anilines is 1. The van der Waals surface area contributed by atoms with E-state index in [1.54, 1.807) is 0 Å². The lowest BCUT2D eigenvalue weighted by molar-refractivity contribution is -0.120. The highest BCUT2D eigenvalue weighted by atomic mass is 16.3. The van der Waals surface area contributed by atoms with E-state index in [4.69, 9.17) is 0 Å². The van der Waals surface area contributed by atoms with Crippen LogP contribution in [0.15, 0.2) is 54.6 Å². The predicted octanol–water partition coefficient (Wildman–Crippen LogP) is 1.87. The van der Waals surface area contributed by atoms with Crippen molar-refractivity contribution in [2.45, 2.75) is 18.6 Å². The van der Waals surface area contributed by atoms with Crippen LogP contribution in [0.2, 0.25) is 0 Å². The van der Waals surface area contributed by atoms with Crippen LogP contribution >= 0.6 is 0 Å². The Morgan fingerprint density at radius 2 is 1.81 bits per heavy atom. The molecule has 0 saturated heterocycles. The molecule has 0 bridgehead atoms. The Balaban J connectivity index is 1.60. The smallest absolute Gasteiger partial charge is 0.239 e. The molecule has 2 atom stereocenters. The van der Waals surface area contributed by atoms with E-state index in [0.29, 0.717) is 6.42 Å². The Hall–Kier alpha value is -2.33. The molecule has 0 fully saturated rings. The number of benzene rings is 2. The molecule has 3 N–H and O–H groups in total. The molecule has 108 valence electrons. The number of carbonyl (C=O) groups excluding carboxylic acids is 1. The van der Waals surface area contributed by atoms with Gasteiger partial charge in [0.1, 0.15) is 0 Å². The molecule has 2 aromatic carbocycles. The van der Waals surface area contributed by atoms with E-state index in [2.05, 4.69) is 10.6 Å². The van der Waals surface area contributed by atoms with Crippen LogP contribution in [-0.4, -0.2) is 23.7 Å². The lowest BCUT2D eigenvalue weighted by Crippen LogP contribution is -2.37. The van der Waals surface area contributed by atoms with Crippen molar-refractivity contribution in [3.8, 4) is 0 Å². The summed E-state index contributed by atoms with van der Waals surface area (Å²) in [6.07, 6.45) is 0.0378. The van der Waals surface area contributed by atoms with E-state index < -0.39 is 6.10 Å². The molecule has 1 aliphatic rings. The largest absolute Gasteiger partial charge is 0.390 e. The first-order valence-corrected chi connectivity index (χ1v) is 7.08. The third kappa shape index (κ3) is 3.06. The van der Waals surface area contributed by atoms with Gasteiger partial charge >= 0.3 is 0 Å². The number of fused-ring (bicyclic) bond motifs is 1. The van der Waals surface area contributed by atoms with Crippen molar-refractivity contribution in [1.29, 1.82) is 0 Å². The minimum absolute atomic E-state index is 0.125. The van der Waals surface area contributed by atoms with E-state index in [1.165, 1.54) is 0 Å². The summed E-state index contributed by atoms with van der Waals surface area (Å²) in [5.41, 5.74) is 3.02. The number of rotatable bonds is 4. The van der Waals surface area contributed by atoms with Crippen LogP contribution in [0.5, 0.6) is 0 Å². The van der Waals surface area contributed by atoms with Crippen LogP contribution in [0.1, 0.15) is 17.2 Å². The summed E-state index contributed by atoms with van der Waals surface area (Å²) in [7, 11) is 0. The predicted molar refractivity (Wildman–Crippen MR) is 82.0 cm³/mol. The maximum atomic E-state index is 12.0. The van der Waals surface area contributed by atoms with Crippen LogP contribution in [0.4, 0.5) is 5.69 Å². The summed E-state index contributed by atoms with van der Waals surface area (Å²) in [4.78, 5) is 12.0. The molecule has 4 heteroatoms.